The third kappa shape index (κ3) is 4.86. The lowest BCUT2D eigenvalue weighted by Gasteiger charge is -2.38. The molecule has 0 spiro atoms. The fourth-order valence-electron chi connectivity index (χ4n) is 4.11. The molecule has 7 nitrogen and oxygen atoms in total. The molecule has 5 rings (SSSR count). The number of rotatable bonds is 7. The van der Waals surface area contributed by atoms with Crippen LogP contribution in [-0.2, 0) is 4.79 Å². The minimum atomic E-state index is -0.434. The molecule has 0 saturated carbocycles. The average Bonchev–Trinajstić information content (AvgIpc) is 2.93. The maximum absolute atomic E-state index is 13.5. The van der Waals surface area contributed by atoms with Crippen molar-refractivity contribution in [2.24, 2.45) is 0 Å². The van der Waals surface area contributed by atoms with Crippen LogP contribution in [0.25, 0.3) is 0 Å². The molecule has 1 atom stereocenters. The predicted molar refractivity (Wildman–Crippen MR) is 140 cm³/mol. The molecule has 1 aliphatic heterocycles. The Morgan fingerprint density at radius 1 is 0.861 bits per heavy atom. The first-order valence-electron chi connectivity index (χ1n) is 11.5. The van der Waals surface area contributed by atoms with Crippen molar-refractivity contribution in [1.82, 2.24) is 0 Å². The summed E-state index contributed by atoms with van der Waals surface area (Å²) in [4.78, 5) is 27.5. The number of amides is 2. The molecule has 36 heavy (non-hydrogen) atoms. The summed E-state index contributed by atoms with van der Waals surface area (Å²) in [7, 11) is 1.61. The lowest BCUT2D eigenvalue weighted by atomic mass is 10.0. The maximum atomic E-state index is 13.5. The number of anilines is 3. The van der Waals surface area contributed by atoms with Gasteiger partial charge in [-0.15, -0.1) is 0 Å². The van der Waals surface area contributed by atoms with Gasteiger partial charge in [0.1, 0.15) is 17.7 Å². The van der Waals surface area contributed by atoms with Crippen molar-refractivity contribution in [1.29, 1.82) is 0 Å². The van der Waals surface area contributed by atoms with E-state index in [-0.39, 0.29) is 18.4 Å². The molecule has 2 amide bonds. The van der Waals surface area contributed by atoms with Gasteiger partial charge in [0.05, 0.1) is 12.7 Å². The number of benzene rings is 4. The summed E-state index contributed by atoms with van der Waals surface area (Å²) >= 11 is 0. The Balaban J connectivity index is 1.35. The number of nitrogens with zero attached hydrogens (tertiary/aromatic N) is 1. The van der Waals surface area contributed by atoms with E-state index in [1.54, 1.807) is 24.1 Å². The largest absolute Gasteiger partial charge is 0.497 e. The van der Waals surface area contributed by atoms with E-state index in [9.17, 15) is 9.59 Å². The first-order valence-corrected chi connectivity index (χ1v) is 11.5. The lowest BCUT2D eigenvalue weighted by molar-refractivity contribution is -0.118. The van der Waals surface area contributed by atoms with Gasteiger partial charge in [-0.2, -0.15) is 0 Å². The Labute approximate surface area is 209 Å². The van der Waals surface area contributed by atoms with E-state index in [0.29, 0.717) is 22.7 Å². The molecule has 0 fully saturated rings. The van der Waals surface area contributed by atoms with Gasteiger partial charge < -0.3 is 20.1 Å². The second kappa shape index (κ2) is 10.2. The summed E-state index contributed by atoms with van der Waals surface area (Å²) in [6, 6.07) is 31.4. The van der Waals surface area contributed by atoms with E-state index >= 15 is 0 Å². The minimum Gasteiger partial charge on any atom is -0.497 e. The third-order valence-corrected chi connectivity index (χ3v) is 5.90. The van der Waals surface area contributed by atoms with Crippen LogP contribution >= 0.6 is 0 Å². The number of ether oxygens (including phenoxy) is 2. The van der Waals surface area contributed by atoms with E-state index in [4.69, 9.17) is 9.47 Å². The Bertz CT molecular complexity index is 1360. The van der Waals surface area contributed by atoms with Gasteiger partial charge in [-0.1, -0.05) is 42.5 Å². The number of carbonyl (C=O) groups is 2. The van der Waals surface area contributed by atoms with Crippen molar-refractivity contribution >= 4 is 28.9 Å². The van der Waals surface area contributed by atoms with Gasteiger partial charge in [0, 0.05) is 17.1 Å². The first-order chi connectivity index (χ1) is 17.6. The molecule has 0 aliphatic carbocycles. The molecular formula is C29H25N3O4. The fraction of sp³-hybridized carbons (Fsp3) is 0.103. The van der Waals surface area contributed by atoms with Gasteiger partial charge >= 0.3 is 0 Å². The summed E-state index contributed by atoms with van der Waals surface area (Å²) in [6.45, 7) is -0.111. The summed E-state index contributed by atoms with van der Waals surface area (Å²) in [5, 5.41) is 6.28. The van der Waals surface area contributed by atoms with Crippen molar-refractivity contribution in [3.63, 3.8) is 0 Å². The van der Waals surface area contributed by atoms with Crippen molar-refractivity contribution in [2.45, 2.75) is 6.17 Å². The SMILES string of the molecule is COc1ccc(N2C(=O)c3ccccc3NC2c2ccc(OCC(=O)Nc3ccccc3)cc2)cc1. The number of nitrogens with one attached hydrogen (secondary N) is 2. The fourth-order valence-corrected chi connectivity index (χ4v) is 4.11. The molecule has 1 heterocycles. The van der Waals surface area contributed by atoms with Gasteiger partial charge in [-0.25, -0.2) is 0 Å². The van der Waals surface area contributed by atoms with Crippen LogP contribution in [0, 0.1) is 0 Å². The third-order valence-electron chi connectivity index (χ3n) is 5.90. The zero-order chi connectivity index (χ0) is 24.9. The summed E-state index contributed by atoms with van der Waals surface area (Å²) in [5.74, 6) is 0.927. The van der Waals surface area contributed by atoms with Crippen LogP contribution in [0.1, 0.15) is 22.1 Å². The molecule has 2 N–H and O–H groups in total. The molecule has 0 bridgehead atoms. The Hall–Kier alpha value is -4.78. The second-order valence-electron chi connectivity index (χ2n) is 8.24. The van der Waals surface area contributed by atoms with Crippen LogP contribution in [0.2, 0.25) is 0 Å². The molecule has 7 heteroatoms. The van der Waals surface area contributed by atoms with Crippen molar-refractivity contribution < 1.29 is 19.1 Å². The van der Waals surface area contributed by atoms with Crippen molar-refractivity contribution in [3.05, 3.63) is 114 Å². The summed E-state index contributed by atoms with van der Waals surface area (Å²) < 4.78 is 10.9. The van der Waals surface area contributed by atoms with Crippen LogP contribution in [0.15, 0.2) is 103 Å². The Morgan fingerprint density at radius 2 is 1.53 bits per heavy atom. The maximum Gasteiger partial charge on any atom is 0.262 e. The van der Waals surface area contributed by atoms with E-state index in [1.165, 1.54) is 0 Å². The van der Waals surface area contributed by atoms with Gasteiger partial charge in [-0.05, 0) is 66.2 Å². The first kappa shape index (κ1) is 23.0. The zero-order valence-electron chi connectivity index (χ0n) is 19.7. The smallest absolute Gasteiger partial charge is 0.262 e. The molecule has 1 unspecified atom stereocenters. The Morgan fingerprint density at radius 3 is 2.25 bits per heavy atom. The van der Waals surface area contributed by atoms with E-state index < -0.39 is 6.17 Å². The highest BCUT2D eigenvalue weighted by Crippen LogP contribution is 2.37. The van der Waals surface area contributed by atoms with Crippen LogP contribution in [0.4, 0.5) is 17.1 Å². The highest BCUT2D eigenvalue weighted by atomic mass is 16.5. The lowest BCUT2D eigenvalue weighted by Crippen LogP contribution is -2.43. The number of methoxy groups -OCH3 is 1. The van der Waals surface area contributed by atoms with Crippen LogP contribution in [0.5, 0.6) is 11.5 Å². The number of fused-ring (bicyclic) bond motifs is 1. The number of hydrogen-bond acceptors (Lipinski definition) is 5. The number of para-hydroxylation sites is 2. The molecule has 180 valence electrons. The van der Waals surface area contributed by atoms with Gasteiger partial charge in [0.25, 0.3) is 11.8 Å². The number of carbonyl (C=O) groups excluding carboxylic acids is 2. The van der Waals surface area contributed by atoms with E-state index in [2.05, 4.69) is 10.6 Å². The van der Waals surface area contributed by atoms with Gasteiger partial charge in [0.15, 0.2) is 6.61 Å². The van der Waals surface area contributed by atoms with Crippen molar-refractivity contribution in [3.8, 4) is 11.5 Å². The summed E-state index contributed by atoms with van der Waals surface area (Å²) in [5.41, 5.74) is 3.71. The molecular weight excluding hydrogens is 454 g/mol. The number of hydrogen-bond donors (Lipinski definition) is 2. The van der Waals surface area contributed by atoms with Crippen LogP contribution in [0.3, 0.4) is 0 Å². The van der Waals surface area contributed by atoms with Crippen LogP contribution < -0.4 is 25.0 Å². The summed E-state index contributed by atoms with van der Waals surface area (Å²) in [6.07, 6.45) is -0.434. The average molecular weight is 480 g/mol. The molecule has 1 aliphatic rings. The predicted octanol–water partition coefficient (Wildman–Crippen LogP) is 5.48. The molecule has 0 radical (unpaired) electrons. The molecule has 0 aromatic heterocycles. The van der Waals surface area contributed by atoms with E-state index in [1.807, 2.05) is 91.0 Å². The monoisotopic (exact) mass is 479 g/mol. The molecule has 0 saturated heterocycles. The highest BCUT2D eigenvalue weighted by molar-refractivity contribution is 6.12. The standard InChI is InChI=1S/C29H25N3O4/c1-35-23-17-13-22(14-18-23)32-28(31-26-10-6-5-9-25(26)29(32)34)20-11-15-24(16-12-20)36-19-27(33)30-21-7-3-2-4-8-21/h2-18,28,31H,19H2,1H3,(H,30,33). The Kier molecular flexibility index (Phi) is 6.53. The van der Waals surface area contributed by atoms with E-state index in [0.717, 1.165) is 16.9 Å². The van der Waals surface area contributed by atoms with Gasteiger partial charge in [0.2, 0.25) is 0 Å². The second-order valence-corrected chi connectivity index (χ2v) is 8.24. The topological polar surface area (TPSA) is 79.9 Å². The molecule has 4 aromatic carbocycles. The highest BCUT2D eigenvalue weighted by Gasteiger charge is 2.34. The quantitative estimate of drug-likeness (QED) is 0.367. The van der Waals surface area contributed by atoms with Crippen molar-refractivity contribution in [2.75, 3.05) is 29.3 Å². The normalized spacial score (nSPS) is 14.4. The molecule has 4 aromatic rings. The minimum absolute atomic E-state index is 0.0996. The van der Waals surface area contributed by atoms with Crippen LogP contribution in [-0.4, -0.2) is 25.5 Å². The van der Waals surface area contributed by atoms with Gasteiger partial charge in [-0.3, -0.25) is 14.5 Å². The zero-order valence-corrected chi connectivity index (χ0v) is 19.7.